The first kappa shape index (κ1) is 14.8. The van der Waals surface area contributed by atoms with Crippen molar-refractivity contribution in [1.82, 2.24) is 9.88 Å². The molecule has 2 heterocycles. The minimum Gasteiger partial charge on any atom is -0.299 e. The predicted molar refractivity (Wildman–Crippen MR) is 90.2 cm³/mol. The fraction of sp³-hybridized carbons (Fsp3) is 0.353. The van der Waals surface area contributed by atoms with Crippen molar-refractivity contribution in [3.05, 3.63) is 52.2 Å². The Labute approximate surface area is 135 Å². The molecule has 0 atom stereocenters. The van der Waals surface area contributed by atoms with Crippen LogP contribution in [0.1, 0.15) is 24.1 Å². The van der Waals surface area contributed by atoms with Gasteiger partial charge in [-0.25, -0.2) is 0 Å². The minimum absolute atomic E-state index is 0.702. The summed E-state index contributed by atoms with van der Waals surface area (Å²) in [6.45, 7) is 6.79. The number of pyridine rings is 1. The minimum atomic E-state index is 0.702. The molecular weight excluding hydrogens is 303 g/mol. The quantitative estimate of drug-likeness (QED) is 0.590. The standard InChI is InChI=1S/C17H18Cl2N2/c1-2-3-4-8-21-9-7-15-14(11-21)17(19)13-6-5-12(18)10-16(13)20-15/h2,5-6,10H,1,3-4,7-9,11H2. The van der Waals surface area contributed by atoms with Gasteiger partial charge in [0.2, 0.25) is 0 Å². The summed E-state index contributed by atoms with van der Waals surface area (Å²) in [7, 11) is 0. The van der Waals surface area contributed by atoms with Crippen molar-refractivity contribution in [3.8, 4) is 0 Å². The second-order valence-corrected chi connectivity index (χ2v) is 6.28. The van der Waals surface area contributed by atoms with Gasteiger partial charge in [0.05, 0.1) is 10.5 Å². The Hall–Kier alpha value is -1.09. The first-order valence-electron chi connectivity index (χ1n) is 7.29. The van der Waals surface area contributed by atoms with E-state index in [9.17, 15) is 0 Å². The number of rotatable bonds is 4. The molecule has 0 saturated heterocycles. The second-order valence-electron chi connectivity index (χ2n) is 5.47. The van der Waals surface area contributed by atoms with E-state index in [1.807, 2.05) is 24.3 Å². The molecule has 110 valence electrons. The van der Waals surface area contributed by atoms with Crippen molar-refractivity contribution in [2.24, 2.45) is 0 Å². The number of fused-ring (bicyclic) bond motifs is 2. The van der Waals surface area contributed by atoms with Gasteiger partial charge in [-0.1, -0.05) is 29.3 Å². The Bertz CT molecular complexity index is 682. The SMILES string of the molecule is C=CCCCN1CCc2nc3cc(Cl)ccc3c(Cl)c2C1. The molecule has 1 aliphatic heterocycles. The van der Waals surface area contributed by atoms with Crippen molar-refractivity contribution < 1.29 is 0 Å². The number of aromatic nitrogens is 1. The van der Waals surface area contributed by atoms with Gasteiger partial charge in [0.1, 0.15) is 0 Å². The number of nitrogens with zero attached hydrogens (tertiary/aromatic N) is 2. The van der Waals surface area contributed by atoms with E-state index in [1.165, 1.54) is 5.56 Å². The molecule has 0 radical (unpaired) electrons. The number of hydrogen-bond donors (Lipinski definition) is 0. The van der Waals surface area contributed by atoms with Gasteiger partial charge in [0, 0.05) is 41.2 Å². The normalized spacial score (nSPS) is 15.1. The fourth-order valence-corrected chi connectivity index (χ4v) is 3.36. The van der Waals surface area contributed by atoms with E-state index in [4.69, 9.17) is 28.2 Å². The average Bonchev–Trinajstić information content (AvgIpc) is 2.48. The molecule has 0 saturated carbocycles. The van der Waals surface area contributed by atoms with Crippen LogP contribution in [-0.4, -0.2) is 23.0 Å². The largest absolute Gasteiger partial charge is 0.299 e. The van der Waals surface area contributed by atoms with E-state index in [2.05, 4.69) is 11.5 Å². The summed E-state index contributed by atoms with van der Waals surface area (Å²) >= 11 is 12.7. The van der Waals surface area contributed by atoms with Crippen LogP contribution < -0.4 is 0 Å². The van der Waals surface area contributed by atoms with Crippen LogP contribution in [0.4, 0.5) is 0 Å². The summed E-state index contributed by atoms with van der Waals surface area (Å²) in [4.78, 5) is 7.20. The van der Waals surface area contributed by atoms with Gasteiger partial charge in [-0.05, 0) is 37.6 Å². The topological polar surface area (TPSA) is 16.1 Å². The van der Waals surface area contributed by atoms with Gasteiger partial charge in [0.15, 0.2) is 0 Å². The van der Waals surface area contributed by atoms with Crippen molar-refractivity contribution >= 4 is 34.1 Å². The molecule has 1 aromatic carbocycles. The molecule has 0 aliphatic carbocycles. The lowest BCUT2D eigenvalue weighted by atomic mass is 10.0. The van der Waals surface area contributed by atoms with E-state index in [0.717, 1.165) is 60.5 Å². The summed E-state index contributed by atoms with van der Waals surface area (Å²) in [6.07, 6.45) is 5.13. The molecule has 3 rings (SSSR count). The van der Waals surface area contributed by atoms with Gasteiger partial charge in [-0.3, -0.25) is 9.88 Å². The van der Waals surface area contributed by atoms with Crippen LogP contribution in [0.3, 0.4) is 0 Å². The lowest BCUT2D eigenvalue weighted by Gasteiger charge is -2.29. The highest BCUT2D eigenvalue weighted by Crippen LogP contribution is 2.33. The first-order valence-corrected chi connectivity index (χ1v) is 8.04. The third-order valence-electron chi connectivity index (χ3n) is 3.99. The smallest absolute Gasteiger partial charge is 0.0735 e. The molecular formula is C17H18Cl2N2. The van der Waals surface area contributed by atoms with E-state index in [1.54, 1.807) is 0 Å². The monoisotopic (exact) mass is 320 g/mol. The molecule has 1 aliphatic rings. The van der Waals surface area contributed by atoms with Gasteiger partial charge < -0.3 is 0 Å². The summed E-state index contributed by atoms with van der Waals surface area (Å²) in [5.74, 6) is 0. The Balaban J connectivity index is 1.91. The van der Waals surface area contributed by atoms with Crippen molar-refractivity contribution in [3.63, 3.8) is 0 Å². The van der Waals surface area contributed by atoms with E-state index in [-0.39, 0.29) is 0 Å². The van der Waals surface area contributed by atoms with E-state index < -0.39 is 0 Å². The molecule has 0 bridgehead atoms. The molecule has 0 unspecified atom stereocenters. The number of halogens is 2. The van der Waals surface area contributed by atoms with Crippen LogP contribution in [0, 0.1) is 0 Å². The number of hydrogen-bond acceptors (Lipinski definition) is 2. The van der Waals surface area contributed by atoms with Gasteiger partial charge in [-0.15, -0.1) is 6.58 Å². The predicted octanol–water partition coefficient (Wildman–Crippen LogP) is 4.87. The van der Waals surface area contributed by atoms with E-state index >= 15 is 0 Å². The van der Waals surface area contributed by atoms with Crippen molar-refractivity contribution in [1.29, 1.82) is 0 Å². The third-order valence-corrected chi connectivity index (χ3v) is 4.66. The van der Waals surface area contributed by atoms with Crippen LogP contribution in [-0.2, 0) is 13.0 Å². The Morgan fingerprint density at radius 2 is 2.19 bits per heavy atom. The Morgan fingerprint density at radius 3 is 3.00 bits per heavy atom. The lowest BCUT2D eigenvalue weighted by Crippen LogP contribution is -2.32. The molecule has 0 spiro atoms. The molecule has 2 nitrogen and oxygen atoms in total. The highest BCUT2D eigenvalue weighted by atomic mass is 35.5. The maximum Gasteiger partial charge on any atom is 0.0735 e. The number of benzene rings is 1. The molecule has 0 amide bonds. The Kier molecular flexibility index (Phi) is 4.48. The Morgan fingerprint density at radius 1 is 1.33 bits per heavy atom. The van der Waals surface area contributed by atoms with Gasteiger partial charge in [0.25, 0.3) is 0 Å². The molecule has 1 aromatic heterocycles. The van der Waals surface area contributed by atoms with Gasteiger partial charge in [-0.2, -0.15) is 0 Å². The van der Waals surface area contributed by atoms with Crippen LogP contribution in [0.15, 0.2) is 30.9 Å². The summed E-state index contributed by atoms with van der Waals surface area (Å²) in [5, 5.41) is 2.53. The van der Waals surface area contributed by atoms with Gasteiger partial charge >= 0.3 is 0 Å². The molecule has 21 heavy (non-hydrogen) atoms. The van der Waals surface area contributed by atoms with Crippen LogP contribution in [0.5, 0.6) is 0 Å². The van der Waals surface area contributed by atoms with Crippen LogP contribution >= 0.6 is 23.2 Å². The lowest BCUT2D eigenvalue weighted by molar-refractivity contribution is 0.250. The zero-order chi connectivity index (χ0) is 14.8. The zero-order valence-corrected chi connectivity index (χ0v) is 13.4. The summed E-state index contributed by atoms with van der Waals surface area (Å²) in [5.41, 5.74) is 3.19. The van der Waals surface area contributed by atoms with Crippen LogP contribution in [0.25, 0.3) is 10.9 Å². The number of unbranched alkanes of at least 4 members (excludes halogenated alkanes) is 1. The highest BCUT2D eigenvalue weighted by Gasteiger charge is 2.21. The highest BCUT2D eigenvalue weighted by molar-refractivity contribution is 6.37. The molecule has 2 aromatic rings. The first-order chi connectivity index (χ1) is 10.2. The molecule has 4 heteroatoms. The van der Waals surface area contributed by atoms with E-state index in [0.29, 0.717) is 5.02 Å². The molecule has 0 fully saturated rings. The molecule has 0 N–H and O–H groups in total. The zero-order valence-electron chi connectivity index (χ0n) is 11.9. The number of allylic oxidation sites excluding steroid dienone is 1. The van der Waals surface area contributed by atoms with Crippen LogP contribution in [0.2, 0.25) is 10.0 Å². The third kappa shape index (κ3) is 3.08. The van der Waals surface area contributed by atoms with Crippen molar-refractivity contribution in [2.45, 2.75) is 25.8 Å². The maximum absolute atomic E-state index is 6.61. The average molecular weight is 321 g/mol. The fourth-order valence-electron chi connectivity index (χ4n) is 2.87. The van der Waals surface area contributed by atoms with Crippen molar-refractivity contribution in [2.75, 3.05) is 13.1 Å². The summed E-state index contributed by atoms with van der Waals surface area (Å²) < 4.78 is 0. The second kappa shape index (κ2) is 6.35. The maximum atomic E-state index is 6.61. The summed E-state index contributed by atoms with van der Waals surface area (Å²) in [6, 6.07) is 5.72.